The van der Waals surface area contributed by atoms with E-state index in [0.717, 1.165) is 0 Å². The standard InChI is InChI=1S/C18H21N3O4/c1-11(2)16(21-18(23)24)17(22)20-15-10-13(8-9-14(15)19)25-12-6-4-3-5-7-12/h3-11,16,21H,19H2,1-2H3,(H,20,22)(H,23,24). The zero-order chi connectivity index (χ0) is 18.4. The van der Waals surface area contributed by atoms with Gasteiger partial charge in [-0.25, -0.2) is 4.79 Å². The van der Waals surface area contributed by atoms with Crippen molar-refractivity contribution in [1.82, 2.24) is 5.32 Å². The first-order chi connectivity index (χ1) is 11.9. The number of ether oxygens (including phenoxy) is 1. The predicted octanol–water partition coefficient (Wildman–Crippen LogP) is 3.29. The third kappa shape index (κ3) is 5.13. The molecule has 1 unspecified atom stereocenters. The van der Waals surface area contributed by atoms with Gasteiger partial charge in [-0.15, -0.1) is 0 Å². The van der Waals surface area contributed by atoms with E-state index in [1.165, 1.54) is 0 Å². The molecule has 0 spiro atoms. The van der Waals surface area contributed by atoms with Gasteiger partial charge in [0.1, 0.15) is 17.5 Å². The van der Waals surface area contributed by atoms with Crippen molar-refractivity contribution in [3.8, 4) is 11.5 Å². The lowest BCUT2D eigenvalue weighted by atomic mass is 10.0. The van der Waals surface area contributed by atoms with E-state index in [-0.39, 0.29) is 5.92 Å². The van der Waals surface area contributed by atoms with Crippen LogP contribution in [0.2, 0.25) is 0 Å². The first-order valence-electron chi connectivity index (χ1n) is 7.79. The minimum Gasteiger partial charge on any atom is -0.465 e. The van der Waals surface area contributed by atoms with Gasteiger partial charge in [0, 0.05) is 6.07 Å². The van der Waals surface area contributed by atoms with Crippen LogP contribution in [0, 0.1) is 5.92 Å². The quantitative estimate of drug-likeness (QED) is 0.601. The van der Waals surface area contributed by atoms with Crippen molar-refractivity contribution >= 4 is 23.4 Å². The summed E-state index contributed by atoms with van der Waals surface area (Å²) in [6, 6.07) is 13.2. The molecule has 0 radical (unpaired) electrons. The highest BCUT2D eigenvalue weighted by atomic mass is 16.5. The molecule has 0 fully saturated rings. The third-order valence-electron chi connectivity index (χ3n) is 3.49. The number of anilines is 2. The molecule has 132 valence electrons. The number of nitrogens with one attached hydrogen (secondary N) is 2. The van der Waals surface area contributed by atoms with Gasteiger partial charge in [-0.2, -0.15) is 0 Å². The summed E-state index contributed by atoms with van der Waals surface area (Å²) < 4.78 is 5.71. The molecule has 0 aliphatic carbocycles. The molecule has 2 amide bonds. The van der Waals surface area contributed by atoms with Gasteiger partial charge in [0.2, 0.25) is 5.91 Å². The highest BCUT2D eigenvalue weighted by Crippen LogP contribution is 2.28. The lowest BCUT2D eigenvalue weighted by molar-refractivity contribution is -0.118. The molecule has 0 aromatic heterocycles. The molecule has 0 saturated carbocycles. The van der Waals surface area contributed by atoms with Gasteiger partial charge >= 0.3 is 6.09 Å². The molecule has 2 rings (SSSR count). The van der Waals surface area contributed by atoms with Crippen molar-refractivity contribution in [1.29, 1.82) is 0 Å². The predicted molar refractivity (Wildman–Crippen MR) is 95.8 cm³/mol. The smallest absolute Gasteiger partial charge is 0.405 e. The average molecular weight is 343 g/mol. The number of para-hydroxylation sites is 1. The number of carbonyl (C=O) groups excluding carboxylic acids is 1. The van der Waals surface area contributed by atoms with Crippen LogP contribution < -0.4 is 21.1 Å². The molecule has 0 bridgehead atoms. The highest BCUT2D eigenvalue weighted by Gasteiger charge is 2.24. The summed E-state index contributed by atoms with van der Waals surface area (Å²) in [5, 5.41) is 13.7. The number of nitrogens with two attached hydrogens (primary N) is 1. The zero-order valence-electron chi connectivity index (χ0n) is 14.0. The topological polar surface area (TPSA) is 114 Å². The van der Waals surface area contributed by atoms with E-state index in [2.05, 4.69) is 10.6 Å². The Bertz CT molecular complexity index is 747. The molecular formula is C18H21N3O4. The van der Waals surface area contributed by atoms with E-state index < -0.39 is 18.0 Å². The Kier molecular flexibility index (Phi) is 5.84. The number of nitrogen functional groups attached to an aromatic ring is 1. The number of carbonyl (C=O) groups is 2. The Morgan fingerprint density at radius 3 is 2.36 bits per heavy atom. The number of hydrogen-bond acceptors (Lipinski definition) is 4. The first kappa shape index (κ1) is 18.1. The Hall–Kier alpha value is -3.22. The minimum atomic E-state index is -1.26. The second kappa shape index (κ2) is 8.05. The molecule has 7 heteroatoms. The molecular weight excluding hydrogens is 322 g/mol. The van der Waals surface area contributed by atoms with Crippen LogP contribution in [0.5, 0.6) is 11.5 Å². The molecule has 2 aromatic carbocycles. The summed E-state index contributed by atoms with van der Waals surface area (Å²) in [5.41, 5.74) is 6.61. The molecule has 7 nitrogen and oxygen atoms in total. The maximum Gasteiger partial charge on any atom is 0.405 e. The Labute approximate surface area is 145 Å². The number of amides is 2. The molecule has 0 aliphatic rings. The van der Waals surface area contributed by atoms with Crippen molar-refractivity contribution in [2.75, 3.05) is 11.1 Å². The summed E-state index contributed by atoms with van der Waals surface area (Å²) in [5.74, 6) is 0.446. The Morgan fingerprint density at radius 1 is 1.08 bits per heavy atom. The Morgan fingerprint density at radius 2 is 1.76 bits per heavy atom. The van der Waals surface area contributed by atoms with Crippen LogP contribution in [-0.2, 0) is 4.79 Å². The summed E-state index contributed by atoms with van der Waals surface area (Å²) >= 11 is 0. The normalized spacial score (nSPS) is 11.6. The molecule has 2 aromatic rings. The summed E-state index contributed by atoms with van der Waals surface area (Å²) in [4.78, 5) is 23.2. The third-order valence-corrected chi connectivity index (χ3v) is 3.49. The number of hydrogen-bond donors (Lipinski definition) is 4. The molecule has 0 aliphatic heterocycles. The van der Waals surface area contributed by atoms with Crippen molar-refractivity contribution in [2.45, 2.75) is 19.9 Å². The molecule has 5 N–H and O–H groups in total. The van der Waals surface area contributed by atoms with E-state index in [4.69, 9.17) is 15.6 Å². The number of carboxylic acid groups (broad SMARTS) is 1. The van der Waals surface area contributed by atoms with Crippen molar-refractivity contribution in [3.05, 3.63) is 48.5 Å². The van der Waals surface area contributed by atoms with Crippen LogP contribution in [0.1, 0.15) is 13.8 Å². The molecule has 0 heterocycles. The molecule has 25 heavy (non-hydrogen) atoms. The lowest BCUT2D eigenvalue weighted by Crippen LogP contribution is -2.46. The van der Waals surface area contributed by atoms with E-state index in [0.29, 0.717) is 22.9 Å². The SMILES string of the molecule is CC(C)C(NC(=O)O)C(=O)Nc1cc(Oc2ccccc2)ccc1N. The van der Waals surface area contributed by atoms with E-state index >= 15 is 0 Å². The van der Waals surface area contributed by atoms with Crippen LogP contribution in [0.25, 0.3) is 0 Å². The van der Waals surface area contributed by atoms with Gasteiger partial charge in [-0.1, -0.05) is 32.0 Å². The largest absolute Gasteiger partial charge is 0.465 e. The summed E-state index contributed by atoms with van der Waals surface area (Å²) in [7, 11) is 0. The zero-order valence-corrected chi connectivity index (χ0v) is 14.0. The van der Waals surface area contributed by atoms with Gasteiger partial charge in [0.05, 0.1) is 11.4 Å². The van der Waals surface area contributed by atoms with Gasteiger partial charge in [-0.3, -0.25) is 4.79 Å². The number of rotatable bonds is 6. The molecule has 0 saturated heterocycles. The van der Waals surface area contributed by atoms with Crippen molar-refractivity contribution < 1.29 is 19.4 Å². The van der Waals surface area contributed by atoms with Gasteiger partial charge in [-0.05, 0) is 30.2 Å². The fourth-order valence-electron chi connectivity index (χ4n) is 2.21. The highest BCUT2D eigenvalue weighted by molar-refractivity contribution is 5.99. The van der Waals surface area contributed by atoms with Gasteiger partial charge in [0.15, 0.2) is 0 Å². The van der Waals surface area contributed by atoms with E-state index in [1.807, 2.05) is 18.2 Å². The Balaban J connectivity index is 2.16. The lowest BCUT2D eigenvalue weighted by Gasteiger charge is -2.20. The van der Waals surface area contributed by atoms with Crippen LogP contribution in [0.4, 0.5) is 16.2 Å². The second-order valence-corrected chi connectivity index (χ2v) is 5.82. The van der Waals surface area contributed by atoms with Crippen molar-refractivity contribution in [2.24, 2.45) is 5.92 Å². The van der Waals surface area contributed by atoms with Crippen LogP contribution >= 0.6 is 0 Å². The summed E-state index contributed by atoms with van der Waals surface area (Å²) in [6.07, 6.45) is -1.26. The maximum atomic E-state index is 12.4. The van der Waals surface area contributed by atoms with Crippen LogP contribution in [0.3, 0.4) is 0 Å². The van der Waals surface area contributed by atoms with Crippen molar-refractivity contribution in [3.63, 3.8) is 0 Å². The van der Waals surface area contributed by atoms with Crippen LogP contribution in [0.15, 0.2) is 48.5 Å². The maximum absolute atomic E-state index is 12.4. The first-order valence-corrected chi connectivity index (χ1v) is 7.79. The second-order valence-electron chi connectivity index (χ2n) is 5.82. The fourth-order valence-corrected chi connectivity index (χ4v) is 2.21. The average Bonchev–Trinajstić information content (AvgIpc) is 2.56. The minimum absolute atomic E-state index is 0.221. The van der Waals surface area contributed by atoms with Gasteiger partial charge in [0.25, 0.3) is 0 Å². The monoisotopic (exact) mass is 343 g/mol. The summed E-state index contributed by atoms with van der Waals surface area (Å²) in [6.45, 7) is 3.50. The number of benzene rings is 2. The van der Waals surface area contributed by atoms with Crippen LogP contribution in [-0.4, -0.2) is 23.1 Å². The molecule has 1 atom stereocenters. The van der Waals surface area contributed by atoms with E-state index in [1.54, 1.807) is 44.2 Å². The fraction of sp³-hybridized carbons (Fsp3) is 0.222. The van der Waals surface area contributed by atoms with E-state index in [9.17, 15) is 9.59 Å². The van der Waals surface area contributed by atoms with Gasteiger partial charge < -0.3 is 26.2 Å².